The maximum absolute atomic E-state index is 4.00. The lowest BCUT2D eigenvalue weighted by Gasteiger charge is -2.38. The molecule has 2 aliphatic rings. The maximum atomic E-state index is 4.00. The quantitative estimate of drug-likeness (QED) is 0.168. The molecule has 1 unspecified atom stereocenters. The highest BCUT2D eigenvalue weighted by atomic mass is 15.1. The zero-order valence-electron chi connectivity index (χ0n) is 37.5. The summed E-state index contributed by atoms with van der Waals surface area (Å²) in [5, 5.41) is 7.76. The molecule has 2 aliphatic heterocycles. The number of nitrogens with zero attached hydrogens (tertiary/aromatic N) is 2. The first kappa shape index (κ1) is 39.1. The minimum Gasteiger partial charge on any atom is -0.355 e. The van der Waals surface area contributed by atoms with Crippen molar-refractivity contribution >= 4 is 68.3 Å². The highest BCUT2D eigenvalue weighted by Gasteiger charge is 2.37. The lowest BCUT2D eigenvalue weighted by atomic mass is 9.51. The van der Waals surface area contributed by atoms with Crippen LogP contribution in [0.2, 0.25) is 0 Å². The van der Waals surface area contributed by atoms with E-state index >= 15 is 0 Å². The van der Waals surface area contributed by atoms with Crippen LogP contribution in [0.15, 0.2) is 194 Å². The molecule has 0 saturated carbocycles. The third kappa shape index (κ3) is 6.11. The first-order valence-corrected chi connectivity index (χ1v) is 22.9. The molecule has 0 bridgehead atoms. The summed E-state index contributed by atoms with van der Waals surface area (Å²) in [5.41, 5.74) is 23.4. The van der Waals surface area contributed by atoms with E-state index in [0.29, 0.717) is 0 Å². The molecule has 1 radical (unpaired) electrons. The Kier molecular flexibility index (Phi) is 9.03. The predicted octanol–water partition coefficient (Wildman–Crippen LogP) is 14.6. The second-order valence-electron chi connectivity index (χ2n) is 18.5. The molecule has 65 heavy (non-hydrogen) atoms. The Morgan fingerprint density at radius 1 is 0.585 bits per heavy atom. The SMILES string of the molecule is Cc1ccc(N(c2ccccc2)c2ccccc2)cc1-c1c2c(c(-c3cccc4c3Nc3ccccc3C4(C)C)c3ccccc13)[B]c1cc3cc(-c4ccccc4)n(C)c3cc1C2C. The van der Waals surface area contributed by atoms with Gasteiger partial charge >= 0.3 is 0 Å². The van der Waals surface area contributed by atoms with Crippen LogP contribution in [-0.4, -0.2) is 11.8 Å². The molecule has 1 N–H and O–H groups in total. The van der Waals surface area contributed by atoms with Crippen molar-refractivity contribution < 1.29 is 0 Å². The van der Waals surface area contributed by atoms with Crippen LogP contribution in [0.4, 0.5) is 28.4 Å². The molecule has 10 aromatic rings. The number of aryl methyl sites for hydroxylation is 2. The standard InChI is InChI=1S/C61H49BN3/c1-38-32-33-44(65(42-22-11-7-12-23-42)43-24-13-8-14-25-43)36-48(38)57-45-26-15-16-27-46(45)58(47-28-19-30-51-60(47)63-53-31-18-17-29-50(53)61(51,3)4)59-56(57)39(2)49-37-55-41(34-52(49)62-59)35-54(64(55)5)40-20-9-6-10-21-40/h6-37,39,63H,1-5H3. The van der Waals surface area contributed by atoms with E-state index in [2.05, 4.69) is 251 Å². The Morgan fingerprint density at radius 3 is 1.94 bits per heavy atom. The number of nitrogens with one attached hydrogen (secondary N) is 1. The lowest BCUT2D eigenvalue weighted by Crippen LogP contribution is -2.41. The first-order chi connectivity index (χ1) is 31.8. The minimum atomic E-state index is -0.192. The van der Waals surface area contributed by atoms with E-state index in [9.17, 15) is 0 Å². The summed E-state index contributed by atoms with van der Waals surface area (Å²) in [4.78, 5) is 2.38. The van der Waals surface area contributed by atoms with E-state index in [1.54, 1.807) is 0 Å². The Hall–Kier alpha value is -7.56. The monoisotopic (exact) mass is 834 g/mol. The Bertz CT molecular complexity index is 3460. The van der Waals surface area contributed by atoms with Crippen LogP contribution in [0, 0.1) is 6.92 Å². The summed E-state index contributed by atoms with van der Waals surface area (Å²) in [7, 11) is 4.73. The van der Waals surface area contributed by atoms with Crippen LogP contribution < -0.4 is 21.1 Å². The van der Waals surface area contributed by atoms with Gasteiger partial charge in [0.1, 0.15) is 0 Å². The van der Waals surface area contributed by atoms with Crippen LogP contribution in [0.3, 0.4) is 0 Å². The van der Waals surface area contributed by atoms with Crippen molar-refractivity contribution in [3.8, 4) is 33.5 Å². The van der Waals surface area contributed by atoms with Gasteiger partial charge in [0, 0.05) is 57.9 Å². The first-order valence-electron chi connectivity index (χ1n) is 22.9. The van der Waals surface area contributed by atoms with E-state index in [4.69, 9.17) is 0 Å². The number of aromatic nitrogens is 1. The van der Waals surface area contributed by atoms with E-state index in [1.165, 1.54) is 105 Å². The molecule has 0 saturated heterocycles. The third-order valence-electron chi connectivity index (χ3n) is 14.5. The summed E-state index contributed by atoms with van der Waals surface area (Å²) in [5.74, 6) is 0.0786. The second-order valence-corrected chi connectivity index (χ2v) is 18.5. The van der Waals surface area contributed by atoms with E-state index < -0.39 is 0 Å². The molecule has 1 atom stereocenters. The van der Waals surface area contributed by atoms with Gasteiger partial charge in [0.15, 0.2) is 7.28 Å². The molecule has 1 aromatic heterocycles. The number of rotatable bonds is 6. The van der Waals surface area contributed by atoms with Crippen molar-refractivity contribution in [3.63, 3.8) is 0 Å². The number of anilines is 5. The maximum Gasteiger partial charge on any atom is 0.193 e. The fourth-order valence-electron chi connectivity index (χ4n) is 11.2. The van der Waals surface area contributed by atoms with Gasteiger partial charge < -0.3 is 14.8 Å². The summed E-state index contributed by atoms with van der Waals surface area (Å²) >= 11 is 0. The van der Waals surface area contributed by atoms with Crippen LogP contribution in [-0.2, 0) is 12.5 Å². The number of benzene rings is 9. The van der Waals surface area contributed by atoms with Crippen molar-refractivity contribution in [2.45, 2.75) is 39.0 Å². The summed E-state index contributed by atoms with van der Waals surface area (Å²) in [6.45, 7) is 9.46. The number of para-hydroxylation sites is 4. The van der Waals surface area contributed by atoms with Crippen molar-refractivity contribution in [2.24, 2.45) is 7.05 Å². The topological polar surface area (TPSA) is 20.2 Å². The number of hydrogen-bond acceptors (Lipinski definition) is 2. The van der Waals surface area contributed by atoms with Crippen molar-refractivity contribution in [3.05, 3.63) is 222 Å². The molecular weight excluding hydrogens is 786 g/mol. The Morgan fingerprint density at radius 2 is 1.22 bits per heavy atom. The third-order valence-corrected chi connectivity index (χ3v) is 14.5. The molecule has 0 amide bonds. The fourth-order valence-corrected chi connectivity index (χ4v) is 11.2. The largest absolute Gasteiger partial charge is 0.355 e. The molecule has 0 aliphatic carbocycles. The van der Waals surface area contributed by atoms with Crippen molar-refractivity contribution in [1.82, 2.24) is 4.57 Å². The lowest BCUT2D eigenvalue weighted by molar-refractivity contribution is 0.638. The van der Waals surface area contributed by atoms with E-state index in [-0.39, 0.29) is 11.3 Å². The van der Waals surface area contributed by atoms with Gasteiger partial charge in [0.05, 0.1) is 5.69 Å². The molecule has 4 heteroatoms. The smallest absolute Gasteiger partial charge is 0.193 e. The molecule has 12 rings (SSSR count). The molecule has 9 aromatic carbocycles. The number of hydrogen-bond donors (Lipinski definition) is 1. The van der Waals surface area contributed by atoms with Gasteiger partial charge in [-0.05, 0) is 128 Å². The molecule has 3 nitrogen and oxygen atoms in total. The Labute approximate surface area is 382 Å². The van der Waals surface area contributed by atoms with E-state index in [0.717, 1.165) is 17.1 Å². The van der Waals surface area contributed by atoms with Gasteiger partial charge in [0.2, 0.25) is 0 Å². The van der Waals surface area contributed by atoms with Crippen molar-refractivity contribution in [1.29, 1.82) is 0 Å². The molecule has 0 spiro atoms. The fraction of sp³-hybridized carbons (Fsp3) is 0.115. The zero-order chi connectivity index (χ0) is 44.0. The molecule has 3 heterocycles. The number of fused-ring (bicyclic) bond motifs is 6. The molecular formula is C61H49BN3. The minimum absolute atomic E-state index is 0.0786. The highest BCUT2D eigenvalue weighted by Crippen LogP contribution is 2.52. The second kappa shape index (κ2) is 15.0. The summed E-state index contributed by atoms with van der Waals surface area (Å²) in [6.07, 6.45) is 0. The van der Waals surface area contributed by atoms with Gasteiger partial charge in [-0.3, -0.25) is 0 Å². The normalized spacial score (nSPS) is 14.4. The van der Waals surface area contributed by atoms with Crippen LogP contribution in [0.25, 0.3) is 55.2 Å². The average Bonchev–Trinajstić information content (AvgIpc) is 3.66. The molecule has 0 fully saturated rings. The van der Waals surface area contributed by atoms with Gasteiger partial charge in [-0.25, -0.2) is 0 Å². The Balaban J connectivity index is 1.15. The van der Waals surface area contributed by atoms with Gasteiger partial charge in [-0.2, -0.15) is 0 Å². The van der Waals surface area contributed by atoms with Crippen LogP contribution in [0.5, 0.6) is 0 Å². The molecule has 311 valence electrons. The van der Waals surface area contributed by atoms with Crippen molar-refractivity contribution in [2.75, 3.05) is 10.2 Å². The van der Waals surface area contributed by atoms with Gasteiger partial charge in [0.25, 0.3) is 0 Å². The zero-order valence-corrected chi connectivity index (χ0v) is 37.5. The van der Waals surface area contributed by atoms with Crippen LogP contribution >= 0.6 is 0 Å². The highest BCUT2D eigenvalue weighted by molar-refractivity contribution is 6.71. The summed E-state index contributed by atoms with van der Waals surface area (Å²) in [6, 6.07) is 71.5. The van der Waals surface area contributed by atoms with Crippen LogP contribution in [0.1, 0.15) is 54.5 Å². The van der Waals surface area contributed by atoms with Gasteiger partial charge in [-0.15, -0.1) is 0 Å². The van der Waals surface area contributed by atoms with E-state index in [1.807, 2.05) is 0 Å². The summed E-state index contributed by atoms with van der Waals surface area (Å²) < 4.78 is 2.37. The predicted molar refractivity (Wildman–Crippen MR) is 277 cm³/mol. The van der Waals surface area contributed by atoms with Gasteiger partial charge in [-0.1, -0.05) is 171 Å². The average molecular weight is 835 g/mol.